The summed E-state index contributed by atoms with van der Waals surface area (Å²) in [5.74, 6) is 0. The molecule has 3 heterocycles. The predicted molar refractivity (Wildman–Crippen MR) is 81.3 cm³/mol. The van der Waals surface area contributed by atoms with Crippen molar-refractivity contribution < 1.29 is 8.42 Å². The van der Waals surface area contributed by atoms with E-state index in [1.807, 2.05) is 0 Å². The second kappa shape index (κ2) is 6.29. The van der Waals surface area contributed by atoms with E-state index in [1.54, 1.807) is 16.6 Å². The molecule has 1 aromatic rings. The van der Waals surface area contributed by atoms with Gasteiger partial charge in [0.2, 0.25) is 10.0 Å². The first-order valence-electron chi connectivity index (χ1n) is 7.64. The number of aromatic nitrogens is 1. The number of sulfonamides is 1. The molecule has 0 bridgehead atoms. The average Bonchev–Trinajstić information content (AvgIpc) is 3.01. The second-order valence-electron chi connectivity index (χ2n) is 5.64. The van der Waals surface area contributed by atoms with Crippen LogP contribution < -0.4 is 5.43 Å². The Morgan fingerprint density at radius 3 is 2.38 bits per heavy atom. The van der Waals surface area contributed by atoms with E-state index < -0.39 is 10.0 Å². The first kappa shape index (κ1) is 14.7. The van der Waals surface area contributed by atoms with Crippen molar-refractivity contribution in [2.75, 3.05) is 31.6 Å². The van der Waals surface area contributed by atoms with Gasteiger partial charge in [0, 0.05) is 38.6 Å². The summed E-state index contributed by atoms with van der Waals surface area (Å²) < 4.78 is 27.2. The Hall–Kier alpha value is -1.18. The van der Waals surface area contributed by atoms with E-state index in [-0.39, 0.29) is 0 Å². The molecular weight excluding hydrogens is 288 g/mol. The lowest BCUT2D eigenvalue weighted by molar-refractivity contribution is 0.346. The third-order valence-corrected chi connectivity index (χ3v) is 6.03. The molecule has 0 unspecified atom stereocenters. The Labute approximate surface area is 126 Å². The molecule has 1 N–H and O–H groups in total. The molecular formula is C14H22N4O2S. The summed E-state index contributed by atoms with van der Waals surface area (Å²) in [5.41, 5.74) is 3.88. The summed E-state index contributed by atoms with van der Waals surface area (Å²) in [6.45, 7) is 3.12. The molecule has 0 amide bonds. The summed E-state index contributed by atoms with van der Waals surface area (Å²) >= 11 is 0. The van der Waals surface area contributed by atoms with Crippen LogP contribution in [0, 0.1) is 0 Å². The van der Waals surface area contributed by atoms with E-state index in [0.717, 1.165) is 45.2 Å². The molecule has 0 radical (unpaired) electrons. The highest BCUT2D eigenvalue weighted by Crippen LogP contribution is 2.26. The highest BCUT2D eigenvalue weighted by atomic mass is 32.2. The molecule has 21 heavy (non-hydrogen) atoms. The fourth-order valence-electron chi connectivity index (χ4n) is 2.92. The maximum absolute atomic E-state index is 12.8. The van der Waals surface area contributed by atoms with Gasteiger partial charge in [-0.3, -0.25) is 4.98 Å². The van der Waals surface area contributed by atoms with Crippen molar-refractivity contribution in [1.29, 1.82) is 0 Å². The Bertz CT molecular complexity index is 578. The van der Waals surface area contributed by atoms with Gasteiger partial charge in [0.25, 0.3) is 0 Å². The SMILES string of the molecule is O=S(=O)(c1cnccc1NN1CCCC1)N1CCCCC1. The molecule has 0 aromatic carbocycles. The Kier molecular flexibility index (Phi) is 4.42. The van der Waals surface area contributed by atoms with Gasteiger partial charge in [0.15, 0.2) is 0 Å². The normalized spacial score (nSPS) is 21.5. The molecule has 0 saturated carbocycles. The molecule has 116 valence electrons. The minimum absolute atomic E-state index is 0.291. The smallest absolute Gasteiger partial charge is 0.246 e. The van der Waals surface area contributed by atoms with Crippen LogP contribution in [0.3, 0.4) is 0 Å². The summed E-state index contributed by atoms with van der Waals surface area (Å²) in [6.07, 6.45) is 8.37. The van der Waals surface area contributed by atoms with Crippen LogP contribution in [0.4, 0.5) is 5.69 Å². The minimum atomic E-state index is -3.45. The third kappa shape index (κ3) is 3.20. The molecule has 2 fully saturated rings. The number of nitrogens with one attached hydrogen (secondary N) is 1. The van der Waals surface area contributed by atoms with Crippen molar-refractivity contribution in [2.24, 2.45) is 0 Å². The number of hydrogen-bond donors (Lipinski definition) is 1. The number of anilines is 1. The van der Waals surface area contributed by atoms with Crippen molar-refractivity contribution in [3.05, 3.63) is 18.5 Å². The standard InChI is InChI=1S/C14H22N4O2S/c19-21(20,18-10-2-1-3-11-18)14-12-15-7-6-13(14)16-17-8-4-5-9-17/h6-7,12H,1-5,8-11H2,(H,15,16). The number of hydrazine groups is 1. The summed E-state index contributed by atoms with van der Waals surface area (Å²) in [7, 11) is -3.45. The van der Waals surface area contributed by atoms with Crippen LogP contribution in [-0.4, -0.2) is 48.9 Å². The predicted octanol–water partition coefficient (Wildman–Crippen LogP) is 1.68. The van der Waals surface area contributed by atoms with Gasteiger partial charge in [0.05, 0.1) is 5.69 Å². The van der Waals surface area contributed by atoms with E-state index in [2.05, 4.69) is 15.4 Å². The Balaban J connectivity index is 1.86. The van der Waals surface area contributed by atoms with Gasteiger partial charge in [-0.1, -0.05) is 6.42 Å². The first-order chi connectivity index (χ1) is 10.2. The zero-order valence-corrected chi connectivity index (χ0v) is 13.0. The van der Waals surface area contributed by atoms with E-state index in [0.29, 0.717) is 23.7 Å². The maximum atomic E-state index is 12.8. The topological polar surface area (TPSA) is 65.5 Å². The van der Waals surface area contributed by atoms with Gasteiger partial charge in [-0.2, -0.15) is 4.31 Å². The third-order valence-electron chi connectivity index (χ3n) is 4.10. The molecule has 2 saturated heterocycles. The monoisotopic (exact) mass is 310 g/mol. The van der Waals surface area contributed by atoms with Crippen LogP contribution in [0.2, 0.25) is 0 Å². The minimum Gasteiger partial charge on any atom is -0.317 e. The van der Waals surface area contributed by atoms with E-state index >= 15 is 0 Å². The van der Waals surface area contributed by atoms with Gasteiger partial charge < -0.3 is 5.43 Å². The summed E-state index contributed by atoms with van der Waals surface area (Å²) in [4.78, 5) is 4.31. The van der Waals surface area contributed by atoms with Crippen LogP contribution in [0.25, 0.3) is 0 Å². The summed E-state index contributed by atoms with van der Waals surface area (Å²) in [5, 5.41) is 2.07. The zero-order valence-electron chi connectivity index (χ0n) is 12.2. The quantitative estimate of drug-likeness (QED) is 0.916. The lowest BCUT2D eigenvalue weighted by atomic mass is 10.2. The van der Waals surface area contributed by atoms with Gasteiger partial charge in [0.1, 0.15) is 4.90 Å². The molecule has 0 spiro atoms. The average molecular weight is 310 g/mol. The number of hydrogen-bond acceptors (Lipinski definition) is 5. The van der Waals surface area contributed by atoms with Crippen molar-refractivity contribution in [1.82, 2.24) is 14.3 Å². The molecule has 6 nitrogen and oxygen atoms in total. The number of nitrogens with zero attached hydrogens (tertiary/aromatic N) is 3. The Morgan fingerprint density at radius 2 is 1.67 bits per heavy atom. The van der Waals surface area contributed by atoms with E-state index in [9.17, 15) is 8.42 Å². The van der Waals surface area contributed by atoms with Crippen LogP contribution >= 0.6 is 0 Å². The van der Waals surface area contributed by atoms with Gasteiger partial charge in [-0.05, 0) is 31.7 Å². The van der Waals surface area contributed by atoms with Crippen LogP contribution in [0.1, 0.15) is 32.1 Å². The highest BCUT2D eigenvalue weighted by Gasteiger charge is 2.29. The van der Waals surface area contributed by atoms with Crippen LogP contribution in [0.5, 0.6) is 0 Å². The largest absolute Gasteiger partial charge is 0.317 e. The van der Waals surface area contributed by atoms with Gasteiger partial charge in [-0.15, -0.1) is 0 Å². The first-order valence-corrected chi connectivity index (χ1v) is 9.08. The molecule has 0 aliphatic carbocycles. The number of pyridine rings is 1. The summed E-state index contributed by atoms with van der Waals surface area (Å²) in [6, 6.07) is 1.75. The second-order valence-corrected chi connectivity index (χ2v) is 7.55. The van der Waals surface area contributed by atoms with Crippen molar-refractivity contribution in [2.45, 2.75) is 37.0 Å². The molecule has 0 atom stereocenters. The van der Waals surface area contributed by atoms with Gasteiger partial charge in [-0.25, -0.2) is 13.4 Å². The van der Waals surface area contributed by atoms with Crippen molar-refractivity contribution in [3.63, 3.8) is 0 Å². The molecule has 7 heteroatoms. The van der Waals surface area contributed by atoms with Crippen LogP contribution in [0.15, 0.2) is 23.4 Å². The van der Waals surface area contributed by atoms with Crippen LogP contribution in [-0.2, 0) is 10.0 Å². The maximum Gasteiger partial charge on any atom is 0.246 e. The number of piperidine rings is 1. The molecule has 2 aliphatic heterocycles. The van der Waals surface area contributed by atoms with Crippen molar-refractivity contribution >= 4 is 15.7 Å². The molecule has 1 aromatic heterocycles. The Morgan fingerprint density at radius 1 is 1.00 bits per heavy atom. The fraction of sp³-hybridized carbons (Fsp3) is 0.643. The van der Waals surface area contributed by atoms with Crippen molar-refractivity contribution in [3.8, 4) is 0 Å². The lowest BCUT2D eigenvalue weighted by Crippen LogP contribution is -2.36. The highest BCUT2D eigenvalue weighted by molar-refractivity contribution is 7.89. The molecule has 2 aliphatic rings. The fourth-order valence-corrected chi connectivity index (χ4v) is 4.52. The van der Waals surface area contributed by atoms with E-state index in [1.165, 1.54) is 6.20 Å². The molecule has 3 rings (SSSR count). The zero-order chi connectivity index (χ0) is 14.7. The van der Waals surface area contributed by atoms with Gasteiger partial charge >= 0.3 is 0 Å². The number of rotatable bonds is 4. The van der Waals surface area contributed by atoms with E-state index in [4.69, 9.17) is 0 Å². The lowest BCUT2D eigenvalue weighted by Gasteiger charge is -2.27.